The fourth-order valence-electron chi connectivity index (χ4n) is 7.75. The van der Waals surface area contributed by atoms with E-state index in [-0.39, 0.29) is 35.4 Å². The first-order valence-electron chi connectivity index (χ1n) is 20.9. The molecule has 1 aromatic heterocycles. The smallest absolute Gasteiger partial charge is 0.0645 e. The first-order chi connectivity index (χ1) is 29.5. The normalized spacial score (nSPS) is 12.2. The maximum absolute atomic E-state index is 9.67. The SMILES string of the molecule is [2H]c1c([2H])c(N(c2ccc(-c3ccc(-c4ccccc4)cc3)cc2)c2ccccc2-c2ccccc2)c([2H])c([2H])c1-c1ccc2c(c1)c1ccccc1n2-c1ccccc1. The number of benzene rings is 9. The van der Waals surface area contributed by atoms with E-state index in [1.807, 2.05) is 138 Å². The van der Waals surface area contributed by atoms with Gasteiger partial charge in [-0.05, 0) is 99.6 Å². The molecule has 2 heteroatoms. The van der Waals surface area contributed by atoms with Crippen molar-refractivity contribution < 1.29 is 5.48 Å². The summed E-state index contributed by atoms with van der Waals surface area (Å²) in [4.78, 5) is 1.88. The van der Waals surface area contributed by atoms with Gasteiger partial charge in [-0.1, -0.05) is 170 Å². The second kappa shape index (κ2) is 14.4. The molecule has 0 aliphatic carbocycles. The molecule has 0 atom stereocenters. The van der Waals surface area contributed by atoms with Crippen LogP contribution in [-0.2, 0) is 0 Å². The molecule has 0 bridgehead atoms. The maximum atomic E-state index is 9.67. The van der Waals surface area contributed by atoms with Gasteiger partial charge >= 0.3 is 0 Å². The summed E-state index contributed by atoms with van der Waals surface area (Å²) in [5.41, 5.74) is 11.9. The molecule has 0 saturated carbocycles. The minimum absolute atomic E-state index is 0.102. The van der Waals surface area contributed by atoms with E-state index in [1.165, 1.54) is 0 Å². The van der Waals surface area contributed by atoms with Crippen molar-refractivity contribution in [3.63, 3.8) is 0 Å². The topological polar surface area (TPSA) is 8.17 Å². The van der Waals surface area contributed by atoms with Gasteiger partial charge in [0.2, 0.25) is 0 Å². The summed E-state index contributed by atoms with van der Waals surface area (Å²) in [6.07, 6.45) is 0. The molecule has 0 aliphatic rings. The minimum atomic E-state index is -0.124. The fraction of sp³-hybridized carbons (Fsp3) is 0. The van der Waals surface area contributed by atoms with Gasteiger partial charge in [-0.2, -0.15) is 0 Å². The molecule has 0 saturated heterocycles. The zero-order valence-corrected chi connectivity index (χ0v) is 30.5. The third-order valence-corrected chi connectivity index (χ3v) is 10.5. The number of nitrogens with zero attached hydrogens (tertiary/aromatic N) is 2. The molecule has 10 rings (SSSR count). The van der Waals surface area contributed by atoms with Crippen LogP contribution in [0.5, 0.6) is 0 Å². The van der Waals surface area contributed by atoms with E-state index < -0.39 is 0 Å². The van der Waals surface area contributed by atoms with Crippen LogP contribution in [0.2, 0.25) is 0 Å². The quantitative estimate of drug-likeness (QED) is 0.152. The van der Waals surface area contributed by atoms with Crippen molar-refractivity contribution in [2.24, 2.45) is 0 Å². The second-order valence-electron chi connectivity index (χ2n) is 13.9. The Morgan fingerprint density at radius 2 is 0.839 bits per heavy atom. The van der Waals surface area contributed by atoms with Gasteiger partial charge < -0.3 is 9.47 Å². The molecule has 0 amide bonds. The fourth-order valence-corrected chi connectivity index (χ4v) is 7.75. The molecule has 9 aromatic carbocycles. The van der Waals surface area contributed by atoms with E-state index in [2.05, 4.69) is 77.4 Å². The Labute approximate surface area is 333 Å². The third-order valence-electron chi connectivity index (χ3n) is 10.5. The Kier molecular flexibility index (Phi) is 7.47. The minimum Gasteiger partial charge on any atom is -0.310 e. The van der Waals surface area contributed by atoms with Crippen molar-refractivity contribution >= 4 is 38.9 Å². The number of hydrogen-bond donors (Lipinski definition) is 0. The predicted molar refractivity (Wildman–Crippen MR) is 237 cm³/mol. The summed E-state index contributed by atoms with van der Waals surface area (Å²) in [6, 6.07) is 68.9. The average Bonchev–Trinajstić information content (AvgIpc) is 3.64. The number of fused-ring (bicyclic) bond motifs is 3. The van der Waals surface area contributed by atoms with Gasteiger partial charge in [-0.3, -0.25) is 0 Å². The Bertz CT molecular complexity index is 3130. The number of para-hydroxylation sites is 3. The summed E-state index contributed by atoms with van der Waals surface area (Å²) < 4.78 is 40.7. The Morgan fingerprint density at radius 1 is 0.339 bits per heavy atom. The van der Waals surface area contributed by atoms with E-state index in [1.54, 1.807) is 0 Å². The molecule has 2 nitrogen and oxygen atoms in total. The molecular weight excluding hydrogens is 677 g/mol. The standard InChI is InChI=1S/C54H38N2/c1-4-14-39(15-5-1)40-24-26-41(27-25-40)42-28-33-47(34-29-42)55(52-22-12-10-20-49(52)44-16-6-2-7-17-44)48-35-30-43(31-36-48)45-32-37-54-51(38-45)50-21-11-13-23-53(50)56(54)46-18-8-3-9-19-46/h1-38H/i30D,31D,35D,36D. The van der Waals surface area contributed by atoms with E-state index in [4.69, 9.17) is 0 Å². The lowest BCUT2D eigenvalue weighted by molar-refractivity contribution is 1.18. The van der Waals surface area contributed by atoms with E-state index in [0.717, 1.165) is 66.6 Å². The monoisotopic (exact) mass is 718 g/mol. The van der Waals surface area contributed by atoms with Crippen molar-refractivity contribution in [1.29, 1.82) is 0 Å². The van der Waals surface area contributed by atoms with Crippen molar-refractivity contribution in [2.75, 3.05) is 4.90 Å². The second-order valence-corrected chi connectivity index (χ2v) is 13.9. The van der Waals surface area contributed by atoms with Crippen molar-refractivity contribution in [1.82, 2.24) is 4.57 Å². The average molecular weight is 719 g/mol. The molecule has 0 aliphatic heterocycles. The summed E-state index contributed by atoms with van der Waals surface area (Å²) in [5.74, 6) is 0. The van der Waals surface area contributed by atoms with Crippen LogP contribution >= 0.6 is 0 Å². The summed E-state index contributed by atoms with van der Waals surface area (Å²) in [5, 5.41) is 2.02. The molecule has 264 valence electrons. The van der Waals surface area contributed by atoms with Crippen molar-refractivity contribution in [2.45, 2.75) is 0 Å². The van der Waals surface area contributed by atoms with Crippen LogP contribution in [0, 0.1) is 0 Å². The zero-order valence-electron chi connectivity index (χ0n) is 34.5. The van der Waals surface area contributed by atoms with Crippen LogP contribution in [-0.4, -0.2) is 4.57 Å². The Morgan fingerprint density at radius 3 is 1.52 bits per heavy atom. The van der Waals surface area contributed by atoms with Crippen LogP contribution in [0.25, 0.3) is 72.0 Å². The van der Waals surface area contributed by atoms with Crippen LogP contribution in [0.3, 0.4) is 0 Å². The van der Waals surface area contributed by atoms with E-state index in [0.29, 0.717) is 11.3 Å². The predicted octanol–water partition coefficient (Wildman–Crippen LogP) is 14.9. The van der Waals surface area contributed by atoms with Gasteiger partial charge in [0.25, 0.3) is 0 Å². The molecule has 56 heavy (non-hydrogen) atoms. The Balaban J connectivity index is 1.12. The van der Waals surface area contributed by atoms with Crippen LogP contribution < -0.4 is 4.90 Å². The first kappa shape index (κ1) is 29.0. The van der Waals surface area contributed by atoms with Gasteiger partial charge in [0.15, 0.2) is 0 Å². The molecule has 0 radical (unpaired) electrons. The van der Waals surface area contributed by atoms with Crippen LogP contribution in [0.4, 0.5) is 17.1 Å². The van der Waals surface area contributed by atoms with Gasteiger partial charge in [0, 0.05) is 33.4 Å². The molecular formula is C54H38N2. The molecule has 0 fully saturated rings. The largest absolute Gasteiger partial charge is 0.310 e. The van der Waals surface area contributed by atoms with Crippen LogP contribution in [0.15, 0.2) is 230 Å². The number of aromatic nitrogens is 1. The third kappa shape index (κ3) is 6.14. The number of hydrogen-bond acceptors (Lipinski definition) is 1. The van der Waals surface area contributed by atoms with Crippen LogP contribution in [0.1, 0.15) is 5.48 Å². The van der Waals surface area contributed by atoms with Gasteiger partial charge in [-0.15, -0.1) is 0 Å². The molecule has 1 heterocycles. The van der Waals surface area contributed by atoms with E-state index >= 15 is 0 Å². The summed E-state index contributed by atoms with van der Waals surface area (Å²) in [7, 11) is 0. The van der Waals surface area contributed by atoms with Gasteiger partial charge in [0.1, 0.15) is 0 Å². The highest BCUT2D eigenvalue weighted by molar-refractivity contribution is 6.10. The van der Waals surface area contributed by atoms with E-state index in [9.17, 15) is 5.48 Å². The van der Waals surface area contributed by atoms with Crippen molar-refractivity contribution in [3.8, 4) is 50.2 Å². The van der Waals surface area contributed by atoms with Gasteiger partial charge in [-0.25, -0.2) is 0 Å². The highest BCUT2D eigenvalue weighted by atomic mass is 15.1. The highest BCUT2D eigenvalue weighted by Crippen LogP contribution is 2.42. The number of rotatable bonds is 8. The maximum Gasteiger partial charge on any atom is 0.0645 e. The molecule has 10 aromatic rings. The zero-order chi connectivity index (χ0) is 40.7. The van der Waals surface area contributed by atoms with Crippen molar-refractivity contribution in [3.05, 3.63) is 230 Å². The molecule has 0 spiro atoms. The Hall–Kier alpha value is -7.42. The lowest BCUT2D eigenvalue weighted by atomic mass is 9.99. The molecule has 0 unspecified atom stereocenters. The summed E-state index contributed by atoms with van der Waals surface area (Å²) in [6.45, 7) is 0. The highest BCUT2D eigenvalue weighted by Gasteiger charge is 2.18. The first-order valence-corrected chi connectivity index (χ1v) is 18.9. The molecule has 0 N–H and O–H groups in total. The number of anilines is 3. The summed E-state index contributed by atoms with van der Waals surface area (Å²) >= 11 is 0. The lowest BCUT2D eigenvalue weighted by Gasteiger charge is -2.28. The lowest BCUT2D eigenvalue weighted by Crippen LogP contribution is -2.11. The van der Waals surface area contributed by atoms with Gasteiger partial charge in [0.05, 0.1) is 22.2 Å².